The first-order chi connectivity index (χ1) is 9.86. The van der Waals surface area contributed by atoms with Crippen LogP contribution < -0.4 is 4.74 Å². The Morgan fingerprint density at radius 1 is 1.38 bits per heavy atom. The fourth-order valence-electron chi connectivity index (χ4n) is 1.48. The van der Waals surface area contributed by atoms with Gasteiger partial charge in [-0.15, -0.1) is 0 Å². The van der Waals surface area contributed by atoms with E-state index in [-0.39, 0.29) is 28.2 Å². The second-order valence-corrected chi connectivity index (χ2v) is 4.36. The minimum Gasteiger partial charge on any atom is -0.477 e. The first-order valence-corrected chi connectivity index (χ1v) is 5.95. The molecule has 108 valence electrons. The lowest BCUT2D eigenvalue weighted by Crippen LogP contribution is -2.04. The number of halogens is 1. The van der Waals surface area contributed by atoms with Crippen LogP contribution in [0, 0.1) is 17.0 Å². The van der Waals surface area contributed by atoms with Gasteiger partial charge >= 0.3 is 12.0 Å². The van der Waals surface area contributed by atoms with Crippen molar-refractivity contribution in [2.24, 2.45) is 0 Å². The van der Waals surface area contributed by atoms with Gasteiger partial charge in [0.15, 0.2) is 5.69 Å². The second-order valence-electron chi connectivity index (χ2n) is 3.96. The molecule has 1 N–H and O–H groups in total. The first-order valence-electron chi connectivity index (χ1n) is 5.57. The maximum Gasteiger partial charge on any atom is 0.354 e. The van der Waals surface area contributed by atoms with Crippen LogP contribution in [-0.2, 0) is 0 Å². The van der Waals surface area contributed by atoms with E-state index in [2.05, 4.69) is 9.97 Å². The van der Waals surface area contributed by atoms with Crippen LogP contribution >= 0.6 is 11.6 Å². The summed E-state index contributed by atoms with van der Waals surface area (Å²) in [7, 11) is 0. The number of non-ortho nitro benzene ring substituents is 1. The summed E-state index contributed by atoms with van der Waals surface area (Å²) < 4.78 is 5.28. The molecule has 0 unspecified atom stereocenters. The smallest absolute Gasteiger partial charge is 0.354 e. The number of nitro benzene ring substituents is 1. The number of nitro groups is 1. The Labute approximate surface area is 123 Å². The van der Waals surface area contributed by atoms with Crippen LogP contribution in [0.2, 0.25) is 5.02 Å². The molecule has 2 aromatic rings. The molecule has 0 saturated heterocycles. The quantitative estimate of drug-likeness (QED) is 0.681. The highest BCUT2D eigenvalue weighted by Gasteiger charge is 2.14. The molecule has 0 aliphatic rings. The zero-order chi connectivity index (χ0) is 15.6. The molecule has 0 bridgehead atoms. The van der Waals surface area contributed by atoms with Crippen molar-refractivity contribution < 1.29 is 19.6 Å². The van der Waals surface area contributed by atoms with Gasteiger partial charge in [0, 0.05) is 17.8 Å². The number of nitrogens with zero attached hydrogens (tertiary/aromatic N) is 3. The summed E-state index contributed by atoms with van der Waals surface area (Å²) in [6.45, 7) is 1.58. The lowest BCUT2D eigenvalue weighted by Gasteiger charge is -2.07. The van der Waals surface area contributed by atoms with Gasteiger partial charge in [0.25, 0.3) is 5.69 Å². The minimum absolute atomic E-state index is 0.00817. The van der Waals surface area contributed by atoms with Crippen molar-refractivity contribution in [2.45, 2.75) is 6.92 Å². The van der Waals surface area contributed by atoms with E-state index in [0.29, 0.717) is 5.69 Å². The van der Waals surface area contributed by atoms with Gasteiger partial charge in [-0.1, -0.05) is 11.6 Å². The molecule has 0 amide bonds. The standard InChI is InChI=1S/C12H8ClN3O5/c1-6-4-9(11(17)18)15-12(14-6)21-10-3-2-7(16(19)20)5-8(10)13/h2-5H,1H3,(H,17,18). The Morgan fingerprint density at radius 2 is 2.10 bits per heavy atom. The molecule has 21 heavy (non-hydrogen) atoms. The highest BCUT2D eigenvalue weighted by atomic mass is 35.5. The van der Waals surface area contributed by atoms with Gasteiger partial charge in [-0.2, -0.15) is 4.98 Å². The van der Waals surface area contributed by atoms with Gasteiger partial charge in [-0.3, -0.25) is 10.1 Å². The molecular weight excluding hydrogens is 302 g/mol. The van der Waals surface area contributed by atoms with Crippen molar-refractivity contribution in [3.05, 3.63) is 50.8 Å². The third-order valence-corrected chi connectivity index (χ3v) is 2.68. The Bertz CT molecular complexity index is 735. The third-order valence-electron chi connectivity index (χ3n) is 2.38. The normalized spacial score (nSPS) is 10.2. The molecule has 0 aliphatic carbocycles. The number of ether oxygens (including phenoxy) is 1. The van der Waals surface area contributed by atoms with Crippen LogP contribution in [-0.4, -0.2) is 26.0 Å². The number of carboxylic acid groups (broad SMARTS) is 1. The molecule has 9 heteroatoms. The summed E-state index contributed by atoms with van der Waals surface area (Å²) in [6.07, 6.45) is 0. The van der Waals surface area contributed by atoms with Crippen LogP contribution in [0.3, 0.4) is 0 Å². The average Bonchev–Trinajstić information content (AvgIpc) is 2.40. The number of hydrogen-bond acceptors (Lipinski definition) is 6. The summed E-state index contributed by atoms with van der Waals surface area (Å²) in [6, 6.07) is 4.68. The predicted molar refractivity (Wildman–Crippen MR) is 71.9 cm³/mol. The van der Waals surface area contributed by atoms with Crippen molar-refractivity contribution in [1.82, 2.24) is 9.97 Å². The van der Waals surface area contributed by atoms with Crippen molar-refractivity contribution in [2.75, 3.05) is 0 Å². The Kier molecular flexibility index (Phi) is 3.99. The monoisotopic (exact) mass is 309 g/mol. The number of carbonyl (C=O) groups is 1. The molecule has 0 atom stereocenters. The molecular formula is C12H8ClN3O5. The van der Waals surface area contributed by atoms with Gasteiger partial charge in [0.05, 0.1) is 9.95 Å². The van der Waals surface area contributed by atoms with Gasteiger partial charge in [-0.05, 0) is 19.1 Å². The number of hydrogen-bond donors (Lipinski definition) is 1. The number of aryl methyl sites for hydroxylation is 1. The lowest BCUT2D eigenvalue weighted by molar-refractivity contribution is -0.384. The zero-order valence-electron chi connectivity index (χ0n) is 10.6. The van der Waals surface area contributed by atoms with E-state index in [9.17, 15) is 14.9 Å². The molecule has 1 aromatic heterocycles. The molecule has 1 aromatic carbocycles. The summed E-state index contributed by atoms with van der Waals surface area (Å²) >= 11 is 5.86. The molecule has 0 fully saturated rings. The van der Waals surface area contributed by atoms with E-state index in [4.69, 9.17) is 21.4 Å². The molecule has 2 rings (SSSR count). The number of aromatic carboxylic acids is 1. The van der Waals surface area contributed by atoms with Gasteiger partial charge < -0.3 is 9.84 Å². The average molecular weight is 310 g/mol. The summed E-state index contributed by atoms with van der Waals surface area (Å²) in [5, 5.41) is 19.5. The lowest BCUT2D eigenvalue weighted by atomic mass is 10.3. The zero-order valence-corrected chi connectivity index (χ0v) is 11.4. The summed E-state index contributed by atoms with van der Waals surface area (Å²) in [5.74, 6) is -1.13. The Balaban J connectivity index is 2.34. The topological polar surface area (TPSA) is 115 Å². The van der Waals surface area contributed by atoms with Crippen LogP contribution in [0.1, 0.15) is 16.2 Å². The van der Waals surface area contributed by atoms with E-state index < -0.39 is 10.9 Å². The van der Waals surface area contributed by atoms with Crippen LogP contribution in [0.25, 0.3) is 0 Å². The maximum atomic E-state index is 10.9. The molecule has 0 saturated carbocycles. The fraction of sp³-hybridized carbons (Fsp3) is 0.0833. The summed E-state index contributed by atoms with van der Waals surface area (Å²) in [4.78, 5) is 28.5. The maximum absolute atomic E-state index is 10.9. The third kappa shape index (κ3) is 3.42. The first kappa shape index (κ1) is 14.7. The van der Waals surface area contributed by atoms with Crippen LogP contribution in [0.4, 0.5) is 5.69 Å². The molecule has 0 radical (unpaired) electrons. The number of benzene rings is 1. The van der Waals surface area contributed by atoms with Crippen LogP contribution in [0.5, 0.6) is 11.8 Å². The van der Waals surface area contributed by atoms with Crippen molar-refractivity contribution in [3.63, 3.8) is 0 Å². The molecule has 1 heterocycles. The Morgan fingerprint density at radius 3 is 2.67 bits per heavy atom. The highest BCUT2D eigenvalue weighted by Crippen LogP contribution is 2.31. The van der Waals surface area contributed by atoms with E-state index in [1.807, 2.05) is 0 Å². The van der Waals surface area contributed by atoms with Crippen molar-refractivity contribution in [1.29, 1.82) is 0 Å². The van der Waals surface area contributed by atoms with Gasteiger partial charge in [-0.25, -0.2) is 9.78 Å². The fourth-order valence-corrected chi connectivity index (χ4v) is 1.69. The molecule has 0 aliphatic heterocycles. The van der Waals surface area contributed by atoms with E-state index in [0.717, 1.165) is 6.07 Å². The molecule has 8 nitrogen and oxygen atoms in total. The molecule has 0 spiro atoms. The predicted octanol–water partition coefficient (Wildman–Crippen LogP) is 2.84. The van der Waals surface area contributed by atoms with Gasteiger partial charge in [0.1, 0.15) is 5.75 Å². The number of carboxylic acids is 1. The summed E-state index contributed by atoms with van der Waals surface area (Å²) in [5.41, 5.74) is -0.0188. The number of aromatic nitrogens is 2. The Hall–Kier alpha value is -2.74. The SMILES string of the molecule is Cc1cc(C(=O)O)nc(Oc2ccc([N+](=O)[O-])cc2Cl)n1. The highest BCUT2D eigenvalue weighted by molar-refractivity contribution is 6.32. The van der Waals surface area contributed by atoms with E-state index in [1.165, 1.54) is 18.2 Å². The largest absolute Gasteiger partial charge is 0.477 e. The second kappa shape index (κ2) is 5.71. The minimum atomic E-state index is -1.22. The van der Waals surface area contributed by atoms with E-state index >= 15 is 0 Å². The van der Waals surface area contributed by atoms with Crippen LogP contribution in [0.15, 0.2) is 24.3 Å². The van der Waals surface area contributed by atoms with E-state index in [1.54, 1.807) is 6.92 Å². The van der Waals surface area contributed by atoms with Gasteiger partial charge in [0.2, 0.25) is 0 Å². The van der Waals surface area contributed by atoms with Crippen molar-refractivity contribution in [3.8, 4) is 11.8 Å². The number of rotatable bonds is 4. The van der Waals surface area contributed by atoms with Crippen molar-refractivity contribution >= 4 is 23.3 Å².